The van der Waals surface area contributed by atoms with Crippen molar-refractivity contribution in [2.24, 2.45) is 7.05 Å². The van der Waals surface area contributed by atoms with Crippen LogP contribution in [0.1, 0.15) is 36.2 Å². The highest BCUT2D eigenvalue weighted by Crippen LogP contribution is 2.37. The van der Waals surface area contributed by atoms with Crippen LogP contribution in [-0.4, -0.2) is 24.4 Å². The minimum Gasteiger partial charge on any atom is -0.379 e. The number of nitriles is 1. The van der Waals surface area contributed by atoms with Crippen LogP contribution in [0.3, 0.4) is 0 Å². The molecule has 0 amide bonds. The van der Waals surface area contributed by atoms with Crippen LogP contribution in [0.25, 0.3) is 11.0 Å². The molecule has 3 aromatic rings. The predicted octanol–water partition coefficient (Wildman–Crippen LogP) is 2.30. The van der Waals surface area contributed by atoms with Gasteiger partial charge in [0.1, 0.15) is 16.8 Å². The van der Waals surface area contributed by atoms with E-state index >= 15 is 0 Å². The molecule has 146 valence electrons. The molecule has 1 unspecified atom stereocenters. The molecule has 1 atom stereocenters. The molecule has 3 rings (SSSR count). The topological polar surface area (TPSA) is 96.7 Å². The van der Waals surface area contributed by atoms with Crippen LogP contribution in [0.15, 0.2) is 29.3 Å². The van der Waals surface area contributed by atoms with Crippen molar-refractivity contribution < 1.29 is 18.3 Å². The van der Waals surface area contributed by atoms with Crippen LogP contribution in [0, 0.1) is 11.3 Å². The van der Waals surface area contributed by atoms with Crippen molar-refractivity contribution >= 4 is 11.0 Å². The number of hydrogen-bond donors (Lipinski definition) is 1. The van der Waals surface area contributed by atoms with Crippen molar-refractivity contribution in [3.05, 3.63) is 57.3 Å². The summed E-state index contributed by atoms with van der Waals surface area (Å²) in [5.74, 6) is 0. The highest BCUT2D eigenvalue weighted by molar-refractivity contribution is 5.77. The van der Waals surface area contributed by atoms with Crippen LogP contribution < -0.4 is 5.56 Å². The molecule has 7 nitrogen and oxygen atoms in total. The second-order valence-electron chi connectivity index (χ2n) is 6.45. The van der Waals surface area contributed by atoms with Crippen molar-refractivity contribution in [2.75, 3.05) is 0 Å². The second-order valence-corrected chi connectivity index (χ2v) is 6.45. The Kier molecular flexibility index (Phi) is 4.51. The number of rotatable bonds is 3. The second kappa shape index (κ2) is 6.45. The highest BCUT2D eigenvalue weighted by atomic mass is 19.4. The number of hydrogen-bond acceptors (Lipinski definition) is 5. The summed E-state index contributed by atoms with van der Waals surface area (Å²) in [6, 6.07) is 4.34. The molecule has 0 fully saturated rings. The molecule has 0 radical (unpaired) electrons. The Balaban J connectivity index is 2.24. The fourth-order valence-electron chi connectivity index (χ4n) is 3.19. The lowest BCUT2D eigenvalue weighted by molar-refractivity contribution is -0.137. The maximum absolute atomic E-state index is 13.1. The third kappa shape index (κ3) is 2.93. The smallest absolute Gasteiger partial charge is 0.379 e. The molecule has 10 heteroatoms. The largest absolute Gasteiger partial charge is 0.417 e. The maximum Gasteiger partial charge on any atom is 0.417 e. The van der Waals surface area contributed by atoms with Crippen molar-refractivity contribution in [1.82, 2.24) is 19.3 Å². The molecule has 1 aromatic carbocycles. The molecule has 2 aromatic heterocycles. The summed E-state index contributed by atoms with van der Waals surface area (Å²) in [5.41, 5.74) is -3.59. The molecule has 0 saturated carbocycles. The van der Waals surface area contributed by atoms with Gasteiger partial charge in [0.25, 0.3) is 5.56 Å². The van der Waals surface area contributed by atoms with E-state index in [4.69, 9.17) is 5.26 Å². The lowest BCUT2D eigenvalue weighted by atomic mass is 9.89. The Morgan fingerprint density at radius 2 is 1.96 bits per heavy atom. The van der Waals surface area contributed by atoms with Gasteiger partial charge in [-0.05, 0) is 31.5 Å². The van der Waals surface area contributed by atoms with Crippen molar-refractivity contribution in [1.29, 1.82) is 5.26 Å². The highest BCUT2D eigenvalue weighted by Gasteiger charge is 2.37. The van der Waals surface area contributed by atoms with E-state index in [1.165, 1.54) is 35.6 Å². The summed E-state index contributed by atoms with van der Waals surface area (Å²) in [5, 5.41) is 24.4. The first kappa shape index (κ1) is 19.6. The number of aromatic nitrogens is 4. The number of aryl methyl sites for hydroxylation is 2. The molecule has 0 saturated heterocycles. The maximum atomic E-state index is 13.1. The standard InChI is InChI=1S/C18H16F3N5O2/c1-4-26-9-23-13-14(16(26)27)24-25(3)15(13)17(2,28)11-5-6-12(18(19,20)21)10(7-11)8-22/h5-7,9,28H,4H2,1-3H3. The monoisotopic (exact) mass is 391 g/mol. The van der Waals surface area contributed by atoms with Crippen LogP contribution in [0.4, 0.5) is 13.2 Å². The van der Waals surface area contributed by atoms with E-state index in [0.29, 0.717) is 6.54 Å². The van der Waals surface area contributed by atoms with Crippen LogP contribution in [0.2, 0.25) is 0 Å². The fourth-order valence-corrected chi connectivity index (χ4v) is 3.19. The molecule has 0 spiro atoms. The first-order valence-electron chi connectivity index (χ1n) is 8.29. The molecule has 2 heterocycles. The van der Waals surface area contributed by atoms with Gasteiger partial charge in [0.05, 0.1) is 23.5 Å². The van der Waals surface area contributed by atoms with Gasteiger partial charge in [-0.1, -0.05) is 6.07 Å². The minimum atomic E-state index is -4.69. The Morgan fingerprint density at radius 1 is 1.29 bits per heavy atom. The summed E-state index contributed by atoms with van der Waals surface area (Å²) in [4.78, 5) is 16.6. The number of nitrogens with zero attached hydrogens (tertiary/aromatic N) is 5. The third-order valence-corrected chi connectivity index (χ3v) is 4.62. The van der Waals surface area contributed by atoms with Crippen molar-refractivity contribution in [3.63, 3.8) is 0 Å². The summed E-state index contributed by atoms with van der Waals surface area (Å²) in [7, 11) is 1.50. The molecule has 0 aliphatic carbocycles. The van der Waals surface area contributed by atoms with E-state index in [9.17, 15) is 23.1 Å². The number of fused-ring (bicyclic) bond motifs is 1. The van der Waals surface area contributed by atoms with Gasteiger partial charge in [0, 0.05) is 13.6 Å². The normalized spacial score (nSPS) is 14.1. The number of halogens is 3. The van der Waals surface area contributed by atoms with Crippen LogP contribution in [-0.2, 0) is 25.4 Å². The van der Waals surface area contributed by atoms with Gasteiger partial charge in [-0.15, -0.1) is 0 Å². The Morgan fingerprint density at radius 3 is 2.54 bits per heavy atom. The lowest BCUT2D eigenvalue weighted by Crippen LogP contribution is -2.27. The van der Waals surface area contributed by atoms with E-state index in [2.05, 4.69) is 10.1 Å². The van der Waals surface area contributed by atoms with Gasteiger partial charge in [0.2, 0.25) is 0 Å². The van der Waals surface area contributed by atoms with Gasteiger partial charge in [-0.3, -0.25) is 14.0 Å². The summed E-state index contributed by atoms with van der Waals surface area (Å²) in [6.45, 7) is 3.50. The van der Waals surface area contributed by atoms with Crippen molar-refractivity contribution in [2.45, 2.75) is 32.2 Å². The number of aliphatic hydroxyl groups is 1. The average molecular weight is 391 g/mol. The Bertz CT molecular complexity index is 1170. The summed E-state index contributed by atoms with van der Waals surface area (Å²) in [6.07, 6.45) is -3.37. The summed E-state index contributed by atoms with van der Waals surface area (Å²) < 4.78 is 41.8. The molecular formula is C18H16F3N5O2. The zero-order valence-corrected chi connectivity index (χ0v) is 15.2. The van der Waals surface area contributed by atoms with Gasteiger partial charge in [0.15, 0.2) is 5.52 Å². The first-order valence-corrected chi connectivity index (χ1v) is 8.29. The molecule has 0 bridgehead atoms. The molecule has 0 aliphatic rings. The van der Waals surface area contributed by atoms with Gasteiger partial charge in [-0.2, -0.15) is 23.5 Å². The van der Waals surface area contributed by atoms with Crippen LogP contribution in [0.5, 0.6) is 0 Å². The predicted molar refractivity (Wildman–Crippen MR) is 93.3 cm³/mol. The molecule has 28 heavy (non-hydrogen) atoms. The SMILES string of the molecule is CCn1cnc2c(C(C)(O)c3ccc(C(F)(F)F)c(C#N)c3)n(C)nc2c1=O. The van der Waals surface area contributed by atoms with Gasteiger partial charge < -0.3 is 5.11 Å². The molecule has 0 aliphatic heterocycles. The first-order chi connectivity index (χ1) is 13.0. The zero-order valence-electron chi connectivity index (χ0n) is 15.2. The number of alkyl halides is 3. The molecular weight excluding hydrogens is 375 g/mol. The quantitative estimate of drug-likeness (QED) is 0.739. The lowest BCUT2D eigenvalue weighted by Gasteiger charge is -2.25. The minimum absolute atomic E-state index is 0.0366. The van der Waals surface area contributed by atoms with E-state index < -0.39 is 28.5 Å². The molecule has 1 N–H and O–H groups in total. The zero-order chi connectivity index (χ0) is 20.9. The van der Waals surface area contributed by atoms with Crippen LogP contribution >= 0.6 is 0 Å². The fraction of sp³-hybridized carbons (Fsp3) is 0.333. The van der Waals surface area contributed by atoms with Gasteiger partial charge in [-0.25, -0.2) is 4.98 Å². The van der Waals surface area contributed by atoms with E-state index in [1.54, 1.807) is 6.92 Å². The van der Waals surface area contributed by atoms with E-state index in [-0.39, 0.29) is 22.3 Å². The van der Waals surface area contributed by atoms with Gasteiger partial charge >= 0.3 is 6.18 Å². The Hall–Kier alpha value is -3.19. The number of benzene rings is 1. The summed E-state index contributed by atoms with van der Waals surface area (Å²) >= 11 is 0. The Labute approximate surface area is 157 Å². The average Bonchev–Trinajstić information content (AvgIpc) is 2.98. The third-order valence-electron chi connectivity index (χ3n) is 4.62. The van der Waals surface area contributed by atoms with E-state index in [0.717, 1.165) is 18.2 Å². The van der Waals surface area contributed by atoms with Crippen molar-refractivity contribution in [3.8, 4) is 6.07 Å². The van der Waals surface area contributed by atoms with E-state index in [1.807, 2.05) is 0 Å².